The molecular weight excluding hydrogens is 412 g/mol. The van der Waals surface area contributed by atoms with E-state index in [1.54, 1.807) is 6.20 Å². The smallest absolute Gasteiger partial charge is 0.150 e. The first-order valence-electron chi connectivity index (χ1n) is 11.1. The average molecular weight is 435 g/mol. The molecule has 0 aliphatic heterocycles. The van der Waals surface area contributed by atoms with Crippen molar-refractivity contribution < 1.29 is 0 Å². The van der Waals surface area contributed by atoms with E-state index >= 15 is 0 Å². The van der Waals surface area contributed by atoms with Gasteiger partial charge in [-0.15, -0.1) is 0 Å². The maximum atomic E-state index is 10.6. The van der Waals surface area contributed by atoms with Gasteiger partial charge < -0.3 is 5.73 Å². The summed E-state index contributed by atoms with van der Waals surface area (Å²) in [5.41, 5.74) is 11.8. The number of rotatable bonds is 5. The summed E-state index contributed by atoms with van der Waals surface area (Å²) in [6.07, 6.45) is 5.43. The molecule has 2 aromatic carbocycles. The Morgan fingerprint density at radius 3 is 2.64 bits per heavy atom. The summed E-state index contributed by atoms with van der Waals surface area (Å²) in [5.74, 6) is 2.02. The zero-order valence-corrected chi connectivity index (χ0v) is 17.9. The van der Waals surface area contributed by atoms with Crippen LogP contribution in [0.3, 0.4) is 0 Å². The molecule has 3 aromatic heterocycles. The van der Waals surface area contributed by atoms with Crippen molar-refractivity contribution in [2.45, 2.75) is 18.8 Å². The number of nitroso groups, excluding NO2 is 1. The van der Waals surface area contributed by atoms with Crippen LogP contribution in [-0.2, 0) is 0 Å². The first-order valence-corrected chi connectivity index (χ1v) is 11.1. The summed E-state index contributed by atoms with van der Waals surface area (Å²) < 4.78 is 2.05. The molecule has 1 aliphatic rings. The SMILES string of the molecule is Nc1nccn2c(C3CC(CN=O)C3)nc(-c3ccc4ccc(-c5ccccc5)nc4c3)c12. The van der Waals surface area contributed by atoms with E-state index in [1.807, 2.05) is 34.9 Å². The number of nitrogen functional groups attached to an aromatic ring is 1. The Bertz CT molecular complexity index is 1490. The van der Waals surface area contributed by atoms with Crippen LogP contribution in [0, 0.1) is 10.8 Å². The van der Waals surface area contributed by atoms with Crippen molar-refractivity contribution in [2.24, 2.45) is 11.1 Å². The predicted molar refractivity (Wildman–Crippen MR) is 130 cm³/mol. The molecule has 2 N–H and O–H groups in total. The summed E-state index contributed by atoms with van der Waals surface area (Å²) in [5, 5.41) is 4.12. The number of nitrogens with zero attached hydrogens (tertiary/aromatic N) is 5. The molecule has 0 saturated heterocycles. The number of pyridine rings is 1. The lowest BCUT2D eigenvalue weighted by molar-refractivity contribution is 0.262. The van der Waals surface area contributed by atoms with E-state index in [0.29, 0.717) is 18.3 Å². The van der Waals surface area contributed by atoms with Crippen molar-refractivity contribution in [3.05, 3.63) is 83.8 Å². The third kappa shape index (κ3) is 3.33. The van der Waals surface area contributed by atoms with Crippen LogP contribution >= 0.6 is 0 Å². The maximum Gasteiger partial charge on any atom is 0.150 e. The second-order valence-electron chi connectivity index (χ2n) is 8.67. The first kappa shape index (κ1) is 19.5. The fraction of sp³-hybridized carbons (Fsp3) is 0.192. The summed E-state index contributed by atoms with van der Waals surface area (Å²) in [6.45, 7) is 0.371. The summed E-state index contributed by atoms with van der Waals surface area (Å²) in [4.78, 5) is 24.9. The molecule has 7 heteroatoms. The van der Waals surface area contributed by atoms with Crippen LogP contribution in [0.1, 0.15) is 24.6 Å². The standard InChI is InChI=1S/C26H22N6O/c27-25-24-23(31-26(32(24)11-10-28-25)20-12-16(13-20)15-29-33)19-7-6-18-8-9-21(30-22(18)14-19)17-4-2-1-3-5-17/h1-11,14,16,20H,12-13,15H2,(H2,27,28). The Kier molecular flexibility index (Phi) is 4.61. The Morgan fingerprint density at radius 1 is 1.00 bits per heavy atom. The van der Waals surface area contributed by atoms with E-state index in [4.69, 9.17) is 15.7 Å². The van der Waals surface area contributed by atoms with E-state index in [0.717, 1.165) is 57.6 Å². The van der Waals surface area contributed by atoms with Gasteiger partial charge in [0.05, 0.1) is 17.8 Å². The van der Waals surface area contributed by atoms with E-state index in [-0.39, 0.29) is 5.92 Å². The van der Waals surface area contributed by atoms with Gasteiger partial charge in [-0.3, -0.25) is 4.40 Å². The number of hydrogen-bond acceptors (Lipinski definition) is 6. The Balaban J connectivity index is 1.46. The molecule has 3 heterocycles. The van der Waals surface area contributed by atoms with Crippen LogP contribution in [0.5, 0.6) is 0 Å². The van der Waals surface area contributed by atoms with Gasteiger partial charge in [-0.25, -0.2) is 15.0 Å². The molecule has 0 unspecified atom stereocenters. The normalized spacial score (nSPS) is 17.8. The highest BCUT2D eigenvalue weighted by Crippen LogP contribution is 2.43. The Morgan fingerprint density at radius 2 is 1.82 bits per heavy atom. The van der Waals surface area contributed by atoms with Gasteiger partial charge in [-0.2, -0.15) is 4.91 Å². The molecule has 6 rings (SSSR count). The van der Waals surface area contributed by atoms with Gasteiger partial charge in [-0.05, 0) is 30.9 Å². The zero-order chi connectivity index (χ0) is 22.4. The molecule has 1 fully saturated rings. The van der Waals surface area contributed by atoms with Crippen LogP contribution in [0.25, 0.3) is 38.9 Å². The summed E-state index contributed by atoms with van der Waals surface area (Å²) in [7, 11) is 0. The summed E-state index contributed by atoms with van der Waals surface area (Å²) in [6, 6.07) is 20.5. The lowest BCUT2D eigenvalue weighted by atomic mass is 9.74. The molecule has 0 spiro atoms. The first-order chi connectivity index (χ1) is 16.2. The van der Waals surface area contributed by atoms with Crippen LogP contribution in [0.2, 0.25) is 0 Å². The maximum absolute atomic E-state index is 10.6. The van der Waals surface area contributed by atoms with Crippen LogP contribution in [0.4, 0.5) is 5.82 Å². The van der Waals surface area contributed by atoms with Gasteiger partial charge in [0.15, 0.2) is 0 Å². The minimum atomic E-state index is 0.281. The Labute approximate surface area is 190 Å². The van der Waals surface area contributed by atoms with Gasteiger partial charge >= 0.3 is 0 Å². The van der Waals surface area contributed by atoms with Crippen LogP contribution < -0.4 is 5.73 Å². The van der Waals surface area contributed by atoms with E-state index in [2.05, 4.69) is 46.6 Å². The molecule has 0 radical (unpaired) electrons. The van der Waals surface area contributed by atoms with Crippen LogP contribution in [-0.4, -0.2) is 25.9 Å². The third-order valence-corrected chi connectivity index (χ3v) is 6.58. The Hall–Kier alpha value is -4.13. The third-order valence-electron chi connectivity index (χ3n) is 6.58. The van der Waals surface area contributed by atoms with Crippen molar-refractivity contribution in [2.75, 3.05) is 12.3 Å². The van der Waals surface area contributed by atoms with Crippen molar-refractivity contribution in [1.82, 2.24) is 19.4 Å². The highest BCUT2D eigenvalue weighted by atomic mass is 16.3. The second kappa shape index (κ2) is 7.78. The molecule has 162 valence electrons. The number of hydrogen-bond donors (Lipinski definition) is 1. The van der Waals surface area contributed by atoms with Gasteiger partial charge in [-0.1, -0.05) is 53.7 Å². The number of anilines is 1. The highest BCUT2D eigenvalue weighted by Gasteiger charge is 2.34. The topological polar surface area (TPSA) is 98.5 Å². The number of imidazole rings is 1. The lowest BCUT2D eigenvalue weighted by Gasteiger charge is -2.32. The summed E-state index contributed by atoms with van der Waals surface area (Å²) >= 11 is 0. The molecule has 0 amide bonds. The van der Waals surface area contributed by atoms with Crippen molar-refractivity contribution >= 4 is 22.2 Å². The lowest BCUT2D eigenvalue weighted by Crippen LogP contribution is -2.25. The van der Waals surface area contributed by atoms with Crippen molar-refractivity contribution in [3.8, 4) is 22.5 Å². The van der Waals surface area contributed by atoms with E-state index < -0.39 is 0 Å². The molecule has 1 saturated carbocycles. The molecule has 33 heavy (non-hydrogen) atoms. The van der Waals surface area contributed by atoms with Crippen molar-refractivity contribution in [3.63, 3.8) is 0 Å². The van der Waals surface area contributed by atoms with Gasteiger partial charge in [0.25, 0.3) is 0 Å². The number of aromatic nitrogens is 4. The zero-order valence-electron chi connectivity index (χ0n) is 17.9. The second-order valence-corrected chi connectivity index (χ2v) is 8.67. The van der Waals surface area contributed by atoms with Crippen molar-refractivity contribution in [1.29, 1.82) is 0 Å². The molecule has 0 bridgehead atoms. The minimum Gasteiger partial charge on any atom is -0.382 e. The quantitative estimate of drug-likeness (QED) is 0.371. The average Bonchev–Trinajstić information content (AvgIpc) is 3.21. The van der Waals surface area contributed by atoms with E-state index in [9.17, 15) is 4.91 Å². The molecule has 7 nitrogen and oxygen atoms in total. The fourth-order valence-electron chi connectivity index (χ4n) is 4.81. The largest absolute Gasteiger partial charge is 0.382 e. The monoisotopic (exact) mass is 434 g/mol. The van der Waals surface area contributed by atoms with Gasteiger partial charge in [0.1, 0.15) is 22.9 Å². The van der Waals surface area contributed by atoms with Crippen LogP contribution in [0.15, 0.2) is 78.2 Å². The number of nitrogens with two attached hydrogens (primary N) is 1. The molecule has 5 aromatic rings. The highest BCUT2D eigenvalue weighted by molar-refractivity contribution is 5.91. The number of benzene rings is 2. The van der Waals surface area contributed by atoms with Gasteiger partial charge in [0.2, 0.25) is 0 Å². The minimum absolute atomic E-state index is 0.281. The van der Waals surface area contributed by atoms with E-state index in [1.165, 1.54) is 0 Å². The fourth-order valence-corrected chi connectivity index (χ4v) is 4.81. The molecule has 0 atom stereocenters. The molecule has 1 aliphatic carbocycles. The number of fused-ring (bicyclic) bond motifs is 2. The molecular formula is C26H22N6O. The predicted octanol–water partition coefficient (Wildman–Crippen LogP) is 5.45. The van der Waals surface area contributed by atoms with Gasteiger partial charge in [0, 0.05) is 34.8 Å².